The third kappa shape index (κ3) is 4.10. The minimum Gasteiger partial charge on any atom is -0.352 e. The molecule has 5 heteroatoms. The standard InChI is InChI=1S/C11H14BrClN2O/c1-8(2-4-12)6-15-11(16)9-3-5-14-7-10(9)13/h3,5,7-8H,2,4,6H2,1H3,(H,15,16). The molecule has 0 spiro atoms. The lowest BCUT2D eigenvalue weighted by Gasteiger charge is -2.11. The fraction of sp³-hybridized carbons (Fsp3) is 0.455. The third-order valence-corrected chi connectivity index (χ3v) is 2.99. The van der Waals surface area contributed by atoms with Crippen LogP contribution in [0.15, 0.2) is 18.5 Å². The molecule has 3 nitrogen and oxygen atoms in total. The van der Waals surface area contributed by atoms with Crippen molar-refractivity contribution < 1.29 is 4.79 Å². The Morgan fingerprint density at radius 2 is 2.44 bits per heavy atom. The van der Waals surface area contributed by atoms with Crippen LogP contribution in [0.25, 0.3) is 0 Å². The summed E-state index contributed by atoms with van der Waals surface area (Å²) in [6.07, 6.45) is 4.06. The summed E-state index contributed by atoms with van der Waals surface area (Å²) in [6, 6.07) is 1.62. The molecule has 0 saturated heterocycles. The molecular weight excluding hydrogens is 291 g/mol. The molecule has 1 aromatic heterocycles. The van der Waals surface area contributed by atoms with Crippen molar-refractivity contribution >= 4 is 33.4 Å². The summed E-state index contributed by atoms with van der Waals surface area (Å²) in [5.74, 6) is 0.303. The van der Waals surface area contributed by atoms with Gasteiger partial charge >= 0.3 is 0 Å². The van der Waals surface area contributed by atoms with Crippen molar-refractivity contribution in [3.63, 3.8) is 0 Å². The van der Waals surface area contributed by atoms with Gasteiger partial charge < -0.3 is 5.32 Å². The maximum Gasteiger partial charge on any atom is 0.252 e. The third-order valence-electron chi connectivity index (χ3n) is 2.23. The molecule has 1 N–H and O–H groups in total. The van der Waals surface area contributed by atoms with Gasteiger partial charge in [0.25, 0.3) is 5.91 Å². The van der Waals surface area contributed by atoms with E-state index in [1.807, 2.05) is 0 Å². The highest BCUT2D eigenvalue weighted by Gasteiger charge is 2.10. The molecule has 1 heterocycles. The van der Waals surface area contributed by atoms with Gasteiger partial charge in [-0.3, -0.25) is 9.78 Å². The minimum atomic E-state index is -0.145. The number of hydrogen-bond donors (Lipinski definition) is 1. The van der Waals surface area contributed by atoms with Gasteiger partial charge in [0.05, 0.1) is 10.6 Å². The minimum absolute atomic E-state index is 0.145. The smallest absolute Gasteiger partial charge is 0.252 e. The first-order chi connectivity index (χ1) is 7.65. The molecule has 88 valence electrons. The number of carbonyl (C=O) groups excluding carboxylic acids is 1. The van der Waals surface area contributed by atoms with Gasteiger partial charge in [-0.15, -0.1) is 0 Å². The highest BCUT2D eigenvalue weighted by atomic mass is 79.9. The summed E-state index contributed by atoms with van der Waals surface area (Å²) < 4.78 is 0. The SMILES string of the molecule is CC(CCBr)CNC(=O)c1ccncc1Cl. The summed E-state index contributed by atoms with van der Waals surface area (Å²) >= 11 is 9.24. The quantitative estimate of drug-likeness (QED) is 0.850. The number of halogens is 2. The largest absolute Gasteiger partial charge is 0.352 e. The van der Waals surface area contributed by atoms with Gasteiger partial charge in [0.1, 0.15) is 0 Å². The van der Waals surface area contributed by atoms with Gasteiger partial charge in [-0.25, -0.2) is 0 Å². The molecule has 0 fully saturated rings. The second-order valence-electron chi connectivity index (χ2n) is 3.65. The first kappa shape index (κ1) is 13.5. The van der Waals surface area contributed by atoms with E-state index >= 15 is 0 Å². The van der Waals surface area contributed by atoms with E-state index in [-0.39, 0.29) is 5.91 Å². The van der Waals surface area contributed by atoms with E-state index in [9.17, 15) is 4.79 Å². The zero-order valence-electron chi connectivity index (χ0n) is 9.04. The van der Waals surface area contributed by atoms with E-state index in [0.717, 1.165) is 11.8 Å². The van der Waals surface area contributed by atoms with Crippen LogP contribution in [0.5, 0.6) is 0 Å². The molecule has 0 bridgehead atoms. The number of amides is 1. The van der Waals surface area contributed by atoms with Crippen LogP contribution in [0.1, 0.15) is 23.7 Å². The van der Waals surface area contributed by atoms with E-state index in [4.69, 9.17) is 11.6 Å². The number of hydrogen-bond acceptors (Lipinski definition) is 2. The molecule has 1 atom stereocenters. The average molecular weight is 306 g/mol. The summed E-state index contributed by atoms with van der Waals surface area (Å²) in [7, 11) is 0. The fourth-order valence-corrected chi connectivity index (χ4v) is 2.20. The van der Waals surface area contributed by atoms with Crippen molar-refractivity contribution in [2.24, 2.45) is 5.92 Å². The van der Waals surface area contributed by atoms with Crippen LogP contribution in [0, 0.1) is 5.92 Å². The lowest BCUT2D eigenvalue weighted by Crippen LogP contribution is -2.28. The Hall–Kier alpha value is -0.610. The van der Waals surface area contributed by atoms with Gasteiger partial charge in [-0.05, 0) is 18.4 Å². The highest BCUT2D eigenvalue weighted by molar-refractivity contribution is 9.09. The Kier molecular flexibility index (Phi) is 5.77. The van der Waals surface area contributed by atoms with Crippen molar-refractivity contribution in [1.29, 1.82) is 0 Å². The van der Waals surface area contributed by atoms with Crippen LogP contribution in [0.2, 0.25) is 5.02 Å². The van der Waals surface area contributed by atoms with Crippen LogP contribution in [-0.2, 0) is 0 Å². The number of nitrogens with one attached hydrogen (secondary N) is 1. The van der Waals surface area contributed by atoms with Crippen molar-refractivity contribution in [1.82, 2.24) is 10.3 Å². The molecule has 1 aromatic rings. The summed E-state index contributed by atoms with van der Waals surface area (Å²) in [6.45, 7) is 2.75. The molecule has 16 heavy (non-hydrogen) atoms. The number of nitrogens with zero attached hydrogens (tertiary/aromatic N) is 1. The molecule has 0 saturated carbocycles. The summed E-state index contributed by atoms with van der Waals surface area (Å²) in [4.78, 5) is 15.6. The van der Waals surface area contributed by atoms with Crippen molar-refractivity contribution in [2.45, 2.75) is 13.3 Å². The van der Waals surface area contributed by atoms with Gasteiger partial charge in [0, 0.05) is 24.3 Å². The zero-order valence-corrected chi connectivity index (χ0v) is 11.4. The van der Waals surface area contributed by atoms with Crippen molar-refractivity contribution in [3.05, 3.63) is 29.0 Å². The van der Waals surface area contributed by atoms with Gasteiger partial charge in [0.15, 0.2) is 0 Å². The molecule has 0 radical (unpaired) electrons. The predicted octanol–water partition coefficient (Wildman–Crippen LogP) is 2.89. The van der Waals surface area contributed by atoms with Crippen LogP contribution in [0.3, 0.4) is 0 Å². The number of rotatable bonds is 5. The van der Waals surface area contributed by atoms with Crippen molar-refractivity contribution in [3.8, 4) is 0 Å². The molecule has 1 unspecified atom stereocenters. The maximum atomic E-state index is 11.7. The Labute approximate surface area is 109 Å². The number of carbonyl (C=O) groups is 1. The van der Waals surface area contributed by atoms with Crippen LogP contribution >= 0.6 is 27.5 Å². The number of alkyl halides is 1. The van der Waals surface area contributed by atoms with Crippen LogP contribution in [0.4, 0.5) is 0 Å². The lowest BCUT2D eigenvalue weighted by molar-refractivity contribution is 0.0948. The second-order valence-corrected chi connectivity index (χ2v) is 4.85. The molecule has 0 aliphatic rings. The van der Waals surface area contributed by atoms with Crippen LogP contribution in [-0.4, -0.2) is 22.8 Å². The molecule has 0 aliphatic carbocycles. The van der Waals surface area contributed by atoms with Crippen LogP contribution < -0.4 is 5.32 Å². The van der Waals surface area contributed by atoms with Crippen molar-refractivity contribution in [2.75, 3.05) is 11.9 Å². The lowest BCUT2D eigenvalue weighted by atomic mass is 10.1. The Bertz CT molecular complexity index is 360. The molecule has 1 amide bonds. The van der Waals surface area contributed by atoms with E-state index in [1.54, 1.807) is 12.3 Å². The first-order valence-electron chi connectivity index (χ1n) is 5.08. The van der Waals surface area contributed by atoms with Gasteiger partial charge in [0.2, 0.25) is 0 Å². The van der Waals surface area contributed by atoms with E-state index in [2.05, 4.69) is 33.2 Å². The summed E-state index contributed by atoms with van der Waals surface area (Å²) in [5.41, 5.74) is 0.475. The molecule has 0 aliphatic heterocycles. The van der Waals surface area contributed by atoms with E-state index in [0.29, 0.717) is 23.0 Å². The number of pyridine rings is 1. The highest BCUT2D eigenvalue weighted by Crippen LogP contribution is 2.13. The topological polar surface area (TPSA) is 42.0 Å². The average Bonchev–Trinajstić information content (AvgIpc) is 2.27. The first-order valence-corrected chi connectivity index (χ1v) is 6.58. The Morgan fingerprint density at radius 1 is 1.69 bits per heavy atom. The van der Waals surface area contributed by atoms with E-state index < -0.39 is 0 Å². The van der Waals surface area contributed by atoms with Gasteiger partial charge in [-0.2, -0.15) is 0 Å². The van der Waals surface area contributed by atoms with E-state index in [1.165, 1.54) is 6.20 Å². The number of aromatic nitrogens is 1. The Morgan fingerprint density at radius 3 is 3.06 bits per heavy atom. The molecule has 1 rings (SSSR count). The Balaban J connectivity index is 2.50. The molecule has 0 aromatic carbocycles. The maximum absolute atomic E-state index is 11.7. The predicted molar refractivity (Wildman–Crippen MR) is 69.2 cm³/mol. The molecular formula is C11H14BrClN2O. The van der Waals surface area contributed by atoms with Gasteiger partial charge in [-0.1, -0.05) is 34.5 Å². The zero-order chi connectivity index (χ0) is 12.0. The summed E-state index contributed by atoms with van der Waals surface area (Å²) in [5, 5.41) is 4.18. The fourth-order valence-electron chi connectivity index (χ4n) is 1.21. The second kappa shape index (κ2) is 6.86. The normalized spacial score (nSPS) is 12.2. The monoisotopic (exact) mass is 304 g/mol.